The Morgan fingerprint density at radius 2 is 1.78 bits per heavy atom. The van der Waals surface area contributed by atoms with Gasteiger partial charge in [0.15, 0.2) is 0 Å². The fourth-order valence-electron chi connectivity index (χ4n) is 5.03. The highest BCUT2D eigenvalue weighted by molar-refractivity contribution is 5.93. The number of carbonyl (C=O) groups excluding carboxylic acids is 2. The van der Waals surface area contributed by atoms with Crippen molar-refractivity contribution in [2.45, 2.75) is 66.7 Å². The summed E-state index contributed by atoms with van der Waals surface area (Å²) < 4.78 is 14.8. The number of rotatable bonds is 10. The first-order valence-electron chi connectivity index (χ1n) is 13.9. The number of unbranched alkanes of at least 4 members (excludes halogenated alkanes) is 1. The van der Waals surface area contributed by atoms with Crippen LogP contribution in [0.3, 0.4) is 0 Å². The summed E-state index contributed by atoms with van der Waals surface area (Å²) in [4.78, 5) is 23.9. The number of esters is 2. The molecule has 0 aliphatic heterocycles. The van der Waals surface area contributed by atoms with Crippen LogP contribution in [0.1, 0.15) is 69.4 Å². The molecule has 41 heavy (non-hydrogen) atoms. The van der Waals surface area contributed by atoms with Crippen molar-refractivity contribution in [3.8, 4) is 5.75 Å². The summed E-state index contributed by atoms with van der Waals surface area (Å²) in [6.45, 7) is 10.9. The summed E-state index contributed by atoms with van der Waals surface area (Å²) >= 11 is 0. The highest BCUT2D eigenvalue weighted by atomic mass is 16.5. The van der Waals surface area contributed by atoms with Crippen LogP contribution >= 0.6 is 0 Å². The lowest BCUT2D eigenvalue weighted by atomic mass is 9.87. The molecule has 0 amide bonds. The summed E-state index contributed by atoms with van der Waals surface area (Å²) in [5.74, 6) is -0.586. The largest absolute Gasteiger partial charge is 0.457 e. The van der Waals surface area contributed by atoms with Gasteiger partial charge in [-0.1, -0.05) is 67.4 Å². The van der Waals surface area contributed by atoms with Crippen LogP contribution in [-0.4, -0.2) is 21.1 Å². The van der Waals surface area contributed by atoms with Crippen LogP contribution in [0.2, 0.25) is 0 Å². The van der Waals surface area contributed by atoms with Gasteiger partial charge in [0.2, 0.25) is 5.62 Å². The maximum atomic E-state index is 12.6. The van der Waals surface area contributed by atoms with E-state index in [0.717, 1.165) is 30.6 Å². The predicted octanol–water partition coefficient (Wildman–Crippen LogP) is 7.06. The summed E-state index contributed by atoms with van der Waals surface area (Å²) in [6, 6.07) is 13.9. The van der Waals surface area contributed by atoms with Crippen molar-refractivity contribution in [3.05, 3.63) is 101 Å². The molecule has 0 spiro atoms. The molecule has 3 aromatic rings. The topological polar surface area (TPSA) is 99.5 Å². The van der Waals surface area contributed by atoms with Gasteiger partial charge >= 0.3 is 11.9 Å². The van der Waals surface area contributed by atoms with Crippen LogP contribution in [0.4, 0.5) is 5.69 Å². The number of hydrogen-bond donors (Lipinski definition) is 0. The number of para-hydroxylation sites is 1. The zero-order valence-corrected chi connectivity index (χ0v) is 24.3. The second-order valence-electron chi connectivity index (χ2n) is 10.3. The van der Waals surface area contributed by atoms with Gasteiger partial charge < -0.3 is 18.6 Å². The van der Waals surface area contributed by atoms with Crippen molar-refractivity contribution >= 4 is 17.6 Å². The molecule has 4 rings (SSSR count). The molecule has 0 N–H and O–H groups in total. The number of hydrogen-bond acceptors (Lipinski definition) is 6. The molecule has 0 fully saturated rings. The highest BCUT2D eigenvalue weighted by Gasteiger charge is 2.24. The number of aromatic nitrogens is 2. The number of aryl methyl sites for hydroxylation is 1. The monoisotopic (exact) mass is 555 g/mol. The van der Waals surface area contributed by atoms with Gasteiger partial charge in [-0.25, -0.2) is 4.79 Å². The SMILES string of the molecule is CCCCn1ccn(C2C(C)=CC(C)=CC2C)/c1=N/N=N/c1ccc(COC(=O)c2ccccc2OC(C)=O)cc1. The van der Waals surface area contributed by atoms with E-state index >= 15 is 0 Å². The fraction of sp³-hybridized carbons (Fsp3) is 0.344. The van der Waals surface area contributed by atoms with Gasteiger partial charge in [-0.15, -0.1) is 5.11 Å². The van der Waals surface area contributed by atoms with Gasteiger partial charge in [-0.3, -0.25) is 4.79 Å². The third-order valence-corrected chi connectivity index (χ3v) is 6.85. The first-order chi connectivity index (χ1) is 19.8. The zero-order valence-electron chi connectivity index (χ0n) is 24.3. The predicted molar refractivity (Wildman–Crippen MR) is 156 cm³/mol. The lowest BCUT2D eigenvalue weighted by molar-refractivity contribution is -0.131. The molecule has 2 unspecified atom stereocenters. The average molecular weight is 556 g/mol. The standard InChI is InChI=1S/C32H37N5O4/c1-6-7-16-36-17-18-37(30-23(3)19-22(2)20-24(30)4)32(36)34-35-33-27-14-12-26(13-15-27)21-40-31(39)28-10-8-9-11-29(28)41-25(5)38/h8-15,17-20,23,30H,6-7,16,21H2,1-5H3/b34-32+,35-33+. The Bertz CT molecular complexity index is 1540. The van der Waals surface area contributed by atoms with E-state index in [2.05, 4.69) is 76.8 Å². The smallest absolute Gasteiger partial charge is 0.342 e. The molecule has 1 aromatic heterocycles. The zero-order chi connectivity index (χ0) is 29.4. The number of ether oxygens (including phenoxy) is 2. The number of carbonyl (C=O) groups is 2. The molecule has 0 saturated carbocycles. The van der Waals surface area contributed by atoms with E-state index in [1.807, 2.05) is 12.1 Å². The minimum Gasteiger partial charge on any atom is -0.457 e. The molecule has 9 nitrogen and oxygen atoms in total. The van der Waals surface area contributed by atoms with Gasteiger partial charge in [-0.05, 0) is 66.8 Å². The van der Waals surface area contributed by atoms with Crippen LogP contribution in [0.25, 0.3) is 0 Å². The van der Waals surface area contributed by atoms with Crippen molar-refractivity contribution < 1.29 is 19.1 Å². The van der Waals surface area contributed by atoms with Crippen molar-refractivity contribution in [2.24, 2.45) is 21.4 Å². The van der Waals surface area contributed by atoms with Crippen molar-refractivity contribution in [2.75, 3.05) is 0 Å². The molecule has 0 radical (unpaired) electrons. The molecule has 9 heteroatoms. The lowest BCUT2D eigenvalue weighted by Crippen LogP contribution is -2.32. The molecular weight excluding hydrogens is 518 g/mol. The van der Waals surface area contributed by atoms with Gasteiger partial charge in [0.25, 0.3) is 0 Å². The molecule has 1 heterocycles. The molecule has 2 atom stereocenters. The van der Waals surface area contributed by atoms with Crippen molar-refractivity contribution in [1.29, 1.82) is 0 Å². The summed E-state index contributed by atoms with van der Waals surface area (Å²) in [7, 11) is 0. The first-order valence-corrected chi connectivity index (χ1v) is 13.9. The van der Waals surface area contributed by atoms with Gasteiger partial charge in [0, 0.05) is 25.9 Å². The number of allylic oxidation sites excluding steroid dienone is 4. The lowest BCUT2D eigenvalue weighted by Gasteiger charge is -2.28. The average Bonchev–Trinajstić information content (AvgIpc) is 3.32. The Morgan fingerprint density at radius 1 is 1.02 bits per heavy atom. The van der Waals surface area contributed by atoms with E-state index in [4.69, 9.17) is 9.47 Å². The Balaban J connectivity index is 1.47. The minimum absolute atomic E-state index is 0.0559. The van der Waals surface area contributed by atoms with E-state index in [0.29, 0.717) is 11.6 Å². The normalized spacial score (nSPS) is 17.3. The van der Waals surface area contributed by atoms with Crippen LogP contribution in [0.15, 0.2) is 99.7 Å². The number of benzene rings is 2. The Morgan fingerprint density at radius 3 is 2.49 bits per heavy atom. The fourth-order valence-corrected chi connectivity index (χ4v) is 5.03. The van der Waals surface area contributed by atoms with Gasteiger partial charge in [0.1, 0.15) is 17.9 Å². The third kappa shape index (κ3) is 7.57. The van der Waals surface area contributed by atoms with Gasteiger partial charge in [-0.2, -0.15) is 0 Å². The summed E-state index contributed by atoms with van der Waals surface area (Å²) in [5.41, 5.74) is 4.92. The number of imidazole rings is 1. The summed E-state index contributed by atoms with van der Waals surface area (Å²) in [6.07, 6.45) is 10.8. The third-order valence-electron chi connectivity index (χ3n) is 6.85. The summed E-state index contributed by atoms with van der Waals surface area (Å²) in [5, 5.41) is 13.1. The van der Waals surface area contributed by atoms with Crippen LogP contribution < -0.4 is 10.4 Å². The van der Waals surface area contributed by atoms with E-state index in [1.54, 1.807) is 36.4 Å². The molecule has 214 valence electrons. The van der Waals surface area contributed by atoms with Crippen LogP contribution in [-0.2, 0) is 22.7 Å². The van der Waals surface area contributed by atoms with E-state index < -0.39 is 11.9 Å². The maximum Gasteiger partial charge on any atom is 0.342 e. The van der Waals surface area contributed by atoms with E-state index in [1.165, 1.54) is 18.1 Å². The molecule has 0 bridgehead atoms. The Kier molecular flexibility index (Phi) is 9.84. The maximum absolute atomic E-state index is 12.6. The molecule has 1 aliphatic carbocycles. The van der Waals surface area contributed by atoms with Crippen LogP contribution in [0, 0.1) is 5.92 Å². The molecule has 0 saturated heterocycles. The van der Waals surface area contributed by atoms with Crippen molar-refractivity contribution in [1.82, 2.24) is 9.13 Å². The Hall–Kier alpha value is -4.53. The quantitative estimate of drug-likeness (QED) is 0.116. The number of nitrogens with zero attached hydrogens (tertiary/aromatic N) is 5. The second-order valence-corrected chi connectivity index (χ2v) is 10.3. The van der Waals surface area contributed by atoms with Crippen molar-refractivity contribution in [3.63, 3.8) is 0 Å². The molecule has 1 aliphatic rings. The van der Waals surface area contributed by atoms with Crippen LogP contribution in [0.5, 0.6) is 5.75 Å². The second kappa shape index (κ2) is 13.7. The Labute approximate surface area is 240 Å². The first kappa shape index (κ1) is 29.5. The highest BCUT2D eigenvalue weighted by Crippen LogP contribution is 2.32. The van der Waals surface area contributed by atoms with E-state index in [-0.39, 0.29) is 24.0 Å². The molecular formula is C32H37N5O4. The molecule has 2 aromatic carbocycles. The minimum atomic E-state index is -0.577. The van der Waals surface area contributed by atoms with E-state index in [9.17, 15) is 9.59 Å². The van der Waals surface area contributed by atoms with Gasteiger partial charge in [0.05, 0.1) is 11.7 Å².